The molecule has 0 aromatic carbocycles. The number of nitrogens with zero attached hydrogens (tertiary/aromatic N) is 1. The van der Waals surface area contributed by atoms with E-state index in [9.17, 15) is 18.0 Å². The van der Waals surface area contributed by atoms with Crippen LogP contribution in [0.5, 0.6) is 5.75 Å². The number of rotatable bonds is 4. The molecular weight excluding hydrogens is 239 g/mol. The Kier molecular flexibility index (Phi) is 4.30. The van der Waals surface area contributed by atoms with Gasteiger partial charge in [0.25, 0.3) is 6.43 Å². The number of carbonyl (C=O) groups excluding carboxylic acids is 1. The molecule has 0 unspecified atom stereocenters. The highest BCUT2D eigenvalue weighted by atomic mass is 19.3. The highest BCUT2D eigenvalue weighted by Gasteiger charge is 2.22. The second kappa shape index (κ2) is 5.51. The maximum atomic E-state index is 13.5. The Labute approximate surface area is 95.4 Å². The third-order valence-electron chi connectivity index (χ3n) is 2.05. The summed E-state index contributed by atoms with van der Waals surface area (Å²) in [6.45, 7) is 0. The van der Waals surface area contributed by atoms with Crippen LogP contribution in [0.25, 0.3) is 0 Å². The first-order valence-electron chi connectivity index (χ1n) is 4.57. The number of hydrogen-bond acceptors (Lipinski definition) is 4. The van der Waals surface area contributed by atoms with E-state index in [0.717, 1.165) is 20.4 Å². The average molecular weight is 249 g/mol. The van der Waals surface area contributed by atoms with Gasteiger partial charge in [0.1, 0.15) is 5.69 Å². The van der Waals surface area contributed by atoms with Gasteiger partial charge in [-0.3, -0.25) is 9.78 Å². The van der Waals surface area contributed by atoms with E-state index in [-0.39, 0.29) is 12.0 Å². The molecule has 0 saturated carbocycles. The van der Waals surface area contributed by atoms with Crippen LogP contribution in [0.3, 0.4) is 0 Å². The molecule has 0 aliphatic rings. The van der Waals surface area contributed by atoms with Crippen LogP contribution in [0.2, 0.25) is 0 Å². The van der Waals surface area contributed by atoms with Crippen LogP contribution in [0.15, 0.2) is 6.20 Å². The fourth-order valence-electron chi connectivity index (χ4n) is 1.25. The molecule has 17 heavy (non-hydrogen) atoms. The molecule has 0 atom stereocenters. The van der Waals surface area contributed by atoms with Crippen LogP contribution in [-0.2, 0) is 16.0 Å². The first kappa shape index (κ1) is 13.3. The molecule has 0 N–H and O–H groups in total. The van der Waals surface area contributed by atoms with Gasteiger partial charge in [-0.2, -0.15) is 0 Å². The predicted octanol–water partition coefficient (Wildman–Crippen LogP) is 1.88. The molecule has 1 aromatic rings. The lowest BCUT2D eigenvalue weighted by atomic mass is 10.1. The molecule has 7 heteroatoms. The quantitative estimate of drug-likeness (QED) is 0.764. The van der Waals surface area contributed by atoms with E-state index in [4.69, 9.17) is 0 Å². The summed E-state index contributed by atoms with van der Waals surface area (Å²) in [5, 5.41) is 0. The number of hydrogen-bond donors (Lipinski definition) is 0. The number of halogens is 3. The first-order valence-corrected chi connectivity index (χ1v) is 4.57. The fourth-order valence-corrected chi connectivity index (χ4v) is 1.25. The minimum atomic E-state index is -3.05. The van der Waals surface area contributed by atoms with E-state index in [1.165, 1.54) is 0 Å². The number of esters is 1. The van der Waals surface area contributed by atoms with Crippen molar-refractivity contribution in [1.29, 1.82) is 0 Å². The van der Waals surface area contributed by atoms with Crippen LogP contribution in [0, 0.1) is 5.82 Å². The standard InChI is InChI=1S/C10H10F3NO3/c1-16-6(15)3-5-4-14-8(10(12)13)7(11)9(5)17-2/h4,10H,3H2,1-2H3. The molecule has 0 bridgehead atoms. The summed E-state index contributed by atoms with van der Waals surface area (Å²) in [5.41, 5.74) is -0.947. The van der Waals surface area contributed by atoms with Gasteiger partial charge in [-0.05, 0) is 0 Å². The van der Waals surface area contributed by atoms with Crippen molar-refractivity contribution < 1.29 is 27.4 Å². The van der Waals surface area contributed by atoms with Crippen molar-refractivity contribution in [3.05, 3.63) is 23.3 Å². The van der Waals surface area contributed by atoms with Crippen molar-refractivity contribution in [1.82, 2.24) is 4.98 Å². The average Bonchev–Trinajstić information content (AvgIpc) is 2.28. The van der Waals surface area contributed by atoms with Crippen LogP contribution >= 0.6 is 0 Å². The molecule has 0 fully saturated rings. The molecule has 1 aromatic heterocycles. The van der Waals surface area contributed by atoms with Gasteiger partial charge in [-0.25, -0.2) is 13.2 Å². The van der Waals surface area contributed by atoms with Crippen molar-refractivity contribution in [2.24, 2.45) is 0 Å². The Balaban J connectivity index is 3.16. The zero-order chi connectivity index (χ0) is 13.0. The predicted molar refractivity (Wildman–Crippen MR) is 51.4 cm³/mol. The van der Waals surface area contributed by atoms with E-state index >= 15 is 0 Å². The van der Waals surface area contributed by atoms with E-state index in [1.807, 2.05) is 0 Å². The summed E-state index contributed by atoms with van der Waals surface area (Å²) in [6.07, 6.45) is -2.37. The van der Waals surface area contributed by atoms with Gasteiger partial charge >= 0.3 is 5.97 Å². The van der Waals surface area contributed by atoms with Gasteiger partial charge < -0.3 is 9.47 Å². The van der Waals surface area contributed by atoms with Crippen molar-refractivity contribution in [3.8, 4) is 5.75 Å². The maximum absolute atomic E-state index is 13.5. The van der Waals surface area contributed by atoms with Gasteiger partial charge in [-0.1, -0.05) is 0 Å². The topological polar surface area (TPSA) is 48.4 Å². The zero-order valence-corrected chi connectivity index (χ0v) is 9.17. The van der Waals surface area contributed by atoms with Gasteiger partial charge in [0.05, 0.1) is 20.6 Å². The molecule has 0 saturated heterocycles. The summed E-state index contributed by atoms with van der Waals surface area (Å²) >= 11 is 0. The summed E-state index contributed by atoms with van der Waals surface area (Å²) in [4.78, 5) is 14.3. The highest BCUT2D eigenvalue weighted by molar-refractivity contribution is 5.73. The number of alkyl halides is 2. The largest absolute Gasteiger partial charge is 0.493 e. The Morgan fingerprint density at radius 3 is 2.59 bits per heavy atom. The molecule has 0 spiro atoms. The summed E-state index contributed by atoms with van der Waals surface area (Å²) in [7, 11) is 2.28. The zero-order valence-electron chi connectivity index (χ0n) is 9.17. The van der Waals surface area contributed by atoms with Crippen molar-refractivity contribution in [3.63, 3.8) is 0 Å². The van der Waals surface area contributed by atoms with Gasteiger partial charge in [0, 0.05) is 11.8 Å². The van der Waals surface area contributed by atoms with Crippen molar-refractivity contribution in [2.75, 3.05) is 14.2 Å². The number of carbonyl (C=O) groups is 1. The third kappa shape index (κ3) is 2.86. The second-order valence-electron chi connectivity index (χ2n) is 3.07. The summed E-state index contributed by atoms with van der Waals surface area (Å²) < 4.78 is 47.3. The monoisotopic (exact) mass is 249 g/mol. The Morgan fingerprint density at radius 1 is 1.47 bits per heavy atom. The van der Waals surface area contributed by atoms with Gasteiger partial charge in [0.15, 0.2) is 11.6 Å². The van der Waals surface area contributed by atoms with E-state index in [2.05, 4.69) is 14.5 Å². The van der Waals surface area contributed by atoms with Gasteiger partial charge in [-0.15, -0.1) is 0 Å². The van der Waals surface area contributed by atoms with E-state index < -0.39 is 29.7 Å². The second-order valence-corrected chi connectivity index (χ2v) is 3.07. The molecule has 0 aliphatic carbocycles. The molecular formula is C10H10F3NO3. The van der Waals surface area contributed by atoms with Crippen LogP contribution in [-0.4, -0.2) is 25.2 Å². The van der Waals surface area contributed by atoms with Crippen molar-refractivity contribution in [2.45, 2.75) is 12.8 Å². The van der Waals surface area contributed by atoms with Gasteiger partial charge in [0.2, 0.25) is 0 Å². The number of pyridine rings is 1. The molecule has 94 valence electrons. The normalized spacial score (nSPS) is 10.5. The minimum Gasteiger partial charge on any atom is -0.493 e. The fraction of sp³-hybridized carbons (Fsp3) is 0.400. The highest BCUT2D eigenvalue weighted by Crippen LogP contribution is 2.29. The van der Waals surface area contributed by atoms with Crippen LogP contribution in [0.1, 0.15) is 17.7 Å². The molecule has 0 aliphatic heterocycles. The molecule has 4 nitrogen and oxygen atoms in total. The third-order valence-corrected chi connectivity index (χ3v) is 2.05. The molecule has 1 rings (SSSR count). The van der Waals surface area contributed by atoms with Crippen LogP contribution < -0.4 is 4.74 Å². The summed E-state index contributed by atoms with van der Waals surface area (Å²) in [6, 6.07) is 0. The smallest absolute Gasteiger partial charge is 0.310 e. The molecule has 0 radical (unpaired) electrons. The number of ether oxygens (including phenoxy) is 2. The first-order chi connectivity index (χ1) is 8.01. The lowest BCUT2D eigenvalue weighted by Crippen LogP contribution is -2.09. The maximum Gasteiger partial charge on any atom is 0.310 e. The minimum absolute atomic E-state index is 0.0567. The number of methoxy groups -OCH3 is 2. The lowest BCUT2D eigenvalue weighted by molar-refractivity contribution is -0.139. The Bertz CT molecular complexity index is 424. The SMILES string of the molecule is COC(=O)Cc1cnc(C(F)F)c(F)c1OC. The number of aromatic nitrogens is 1. The van der Waals surface area contributed by atoms with Crippen LogP contribution in [0.4, 0.5) is 13.2 Å². The Morgan fingerprint density at radius 2 is 2.12 bits per heavy atom. The van der Waals surface area contributed by atoms with E-state index in [1.54, 1.807) is 0 Å². The van der Waals surface area contributed by atoms with Crippen molar-refractivity contribution >= 4 is 5.97 Å². The Hall–Kier alpha value is -1.79. The molecule has 1 heterocycles. The van der Waals surface area contributed by atoms with E-state index in [0.29, 0.717) is 0 Å². The molecule has 0 amide bonds. The lowest BCUT2D eigenvalue weighted by Gasteiger charge is -2.10. The summed E-state index contributed by atoms with van der Waals surface area (Å²) in [5.74, 6) is -2.32.